The van der Waals surface area contributed by atoms with Gasteiger partial charge in [0, 0.05) is 22.2 Å². The number of thiazole rings is 1. The molecule has 5 nitrogen and oxygen atoms in total. The summed E-state index contributed by atoms with van der Waals surface area (Å²) in [6, 6.07) is 15.1. The third-order valence-electron chi connectivity index (χ3n) is 3.67. The summed E-state index contributed by atoms with van der Waals surface area (Å²) in [5.74, 6) is 0.917. The third kappa shape index (κ3) is 3.64. The molecule has 2 aromatic carbocycles. The Morgan fingerprint density at radius 1 is 1.04 bits per heavy atom. The highest BCUT2D eigenvalue weighted by Crippen LogP contribution is 2.31. The number of nitrogens with one attached hydrogen (secondary N) is 1. The van der Waals surface area contributed by atoms with Gasteiger partial charge >= 0.3 is 0 Å². The van der Waals surface area contributed by atoms with Crippen LogP contribution >= 0.6 is 11.3 Å². The Morgan fingerprint density at radius 3 is 2.44 bits per heavy atom. The first-order valence-corrected chi connectivity index (χ1v) is 8.50. The fourth-order valence-electron chi connectivity index (χ4n) is 2.42. The minimum Gasteiger partial charge on any atom is -0.493 e. The van der Waals surface area contributed by atoms with E-state index in [1.54, 1.807) is 32.4 Å². The van der Waals surface area contributed by atoms with E-state index in [-0.39, 0.29) is 5.91 Å². The number of hydrogen-bond acceptors (Lipinski definition) is 5. The number of ether oxygens (including phenoxy) is 2. The van der Waals surface area contributed by atoms with Crippen molar-refractivity contribution in [3.63, 3.8) is 0 Å². The van der Waals surface area contributed by atoms with E-state index in [0.717, 1.165) is 15.4 Å². The van der Waals surface area contributed by atoms with Gasteiger partial charge in [-0.1, -0.05) is 30.3 Å². The van der Waals surface area contributed by atoms with Gasteiger partial charge in [0.15, 0.2) is 11.5 Å². The second-order valence-corrected chi connectivity index (χ2v) is 6.52. The molecule has 0 atom stereocenters. The maximum atomic E-state index is 12.6. The van der Waals surface area contributed by atoms with Gasteiger partial charge in [-0.15, -0.1) is 11.3 Å². The number of benzene rings is 2. The Bertz CT molecular complexity index is 891. The standard InChI is InChI=1S/C19H18N2O3S/c1-12-17(21-19(25-12)13-7-5-4-6-8-13)18(22)20-14-9-10-15(23-2)16(11-14)24-3/h4-11H,1-3H3,(H,20,22). The lowest BCUT2D eigenvalue weighted by Gasteiger charge is -2.10. The van der Waals surface area contributed by atoms with Crippen LogP contribution in [0.2, 0.25) is 0 Å². The lowest BCUT2D eigenvalue weighted by atomic mass is 10.2. The van der Waals surface area contributed by atoms with Crippen molar-refractivity contribution in [1.29, 1.82) is 0 Å². The molecule has 1 heterocycles. The van der Waals surface area contributed by atoms with Crippen LogP contribution in [0.1, 0.15) is 15.4 Å². The fourth-order valence-corrected chi connectivity index (χ4v) is 3.33. The zero-order valence-corrected chi connectivity index (χ0v) is 15.0. The number of aryl methyl sites for hydroxylation is 1. The molecule has 3 rings (SSSR count). The number of rotatable bonds is 5. The maximum absolute atomic E-state index is 12.6. The number of carbonyl (C=O) groups excluding carboxylic acids is 1. The number of amides is 1. The number of methoxy groups -OCH3 is 2. The lowest BCUT2D eigenvalue weighted by molar-refractivity contribution is 0.102. The SMILES string of the molecule is COc1ccc(NC(=O)c2nc(-c3ccccc3)sc2C)cc1OC. The van der Waals surface area contributed by atoms with Gasteiger partial charge in [-0.3, -0.25) is 4.79 Å². The zero-order valence-electron chi connectivity index (χ0n) is 14.2. The number of carbonyl (C=O) groups is 1. The molecule has 0 saturated carbocycles. The molecule has 25 heavy (non-hydrogen) atoms. The summed E-state index contributed by atoms with van der Waals surface area (Å²) in [5, 5.41) is 3.69. The molecule has 1 aromatic heterocycles. The van der Waals surface area contributed by atoms with Crippen molar-refractivity contribution in [2.24, 2.45) is 0 Å². The van der Waals surface area contributed by atoms with Crippen molar-refractivity contribution >= 4 is 22.9 Å². The first-order valence-electron chi connectivity index (χ1n) is 7.68. The molecule has 1 amide bonds. The summed E-state index contributed by atoms with van der Waals surface area (Å²) in [6.07, 6.45) is 0. The van der Waals surface area contributed by atoms with Gasteiger partial charge in [0.25, 0.3) is 5.91 Å². The van der Waals surface area contributed by atoms with E-state index in [0.29, 0.717) is 22.9 Å². The van der Waals surface area contributed by atoms with Crippen LogP contribution in [0, 0.1) is 6.92 Å². The highest BCUT2D eigenvalue weighted by Gasteiger charge is 2.17. The van der Waals surface area contributed by atoms with Gasteiger partial charge in [0.05, 0.1) is 14.2 Å². The van der Waals surface area contributed by atoms with Crippen LogP contribution in [0.4, 0.5) is 5.69 Å². The Hall–Kier alpha value is -2.86. The van der Waals surface area contributed by atoms with Crippen molar-refractivity contribution < 1.29 is 14.3 Å². The van der Waals surface area contributed by atoms with Crippen LogP contribution in [-0.4, -0.2) is 25.1 Å². The quantitative estimate of drug-likeness (QED) is 0.738. The summed E-state index contributed by atoms with van der Waals surface area (Å²) in [6.45, 7) is 1.90. The van der Waals surface area contributed by atoms with E-state index in [2.05, 4.69) is 10.3 Å². The average molecular weight is 354 g/mol. The molecule has 0 fully saturated rings. The van der Waals surface area contributed by atoms with Crippen molar-refractivity contribution in [3.8, 4) is 22.1 Å². The summed E-state index contributed by atoms with van der Waals surface area (Å²) in [4.78, 5) is 18.0. The van der Waals surface area contributed by atoms with E-state index in [1.807, 2.05) is 37.3 Å². The Balaban J connectivity index is 1.83. The number of aromatic nitrogens is 1. The molecule has 6 heteroatoms. The topological polar surface area (TPSA) is 60.5 Å². The highest BCUT2D eigenvalue weighted by atomic mass is 32.1. The molecule has 1 N–H and O–H groups in total. The summed E-state index contributed by atoms with van der Waals surface area (Å²) in [7, 11) is 3.13. The summed E-state index contributed by atoms with van der Waals surface area (Å²) in [5.41, 5.74) is 2.05. The minimum atomic E-state index is -0.247. The normalized spacial score (nSPS) is 10.4. The third-order valence-corrected chi connectivity index (χ3v) is 4.69. The van der Waals surface area contributed by atoms with Gasteiger partial charge in [0.1, 0.15) is 10.7 Å². The van der Waals surface area contributed by atoms with Crippen molar-refractivity contribution in [1.82, 2.24) is 4.98 Å². The maximum Gasteiger partial charge on any atom is 0.275 e. The van der Waals surface area contributed by atoms with Gasteiger partial charge in [-0.05, 0) is 19.1 Å². The minimum absolute atomic E-state index is 0.247. The Morgan fingerprint density at radius 2 is 1.76 bits per heavy atom. The molecular weight excluding hydrogens is 336 g/mol. The lowest BCUT2D eigenvalue weighted by Crippen LogP contribution is -2.13. The van der Waals surface area contributed by atoms with Crippen molar-refractivity contribution in [2.75, 3.05) is 19.5 Å². The monoisotopic (exact) mass is 354 g/mol. The molecule has 0 aliphatic heterocycles. The average Bonchev–Trinajstić information content (AvgIpc) is 3.04. The predicted molar refractivity (Wildman–Crippen MR) is 99.8 cm³/mol. The molecule has 3 aromatic rings. The van der Waals surface area contributed by atoms with E-state index in [1.165, 1.54) is 11.3 Å². The van der Waals surface area contributed by atoms with Crippen LogP contribution in [0.15, 0.2) is 48.5 Å². The van der Waals surface area contributed by atoms with Crippen molar-refractivity contribution in [2.45, 2.75) is 6.92 Å². The summed E-state index contributed by atoms with van der Waals surface area (Å²) < 4.78 is 10.5. The fraction of sp³-hybridized carbons (Fsp3) is 0.158. The highest BCUT2D eigenvalue weighted by molar-refractivity contribution is 7.15. The van der Waals surface area contributed by atoms with Crippen LogP contribution in [0.3, 0.4) is 0 Å². The molecule has 0 radical (unpaired) electrons. The molecule has 0 spiro atoms. The largest absolute Gasteiger partial charge is 0.493 e. The second-order valence-electron chi connectivity index (χ2n) is 5.31. The Kier molecular flexibility index (Phi) is 5.00. The van der Waals surface area contributed by atoms with E-state index >= 15 is 0 Å². The van der Waals surface area contributed by atoms with Crippen LogP contribution in [0.5, 0.6) is 11.5 Å². The van der Waals surface area contributed by atoms with Gasteiger partial charge in [0.2, 0.25) is 0 Å². The van der Waals surface area contributed by atoms with E-state index in [9.17, 15) is 4.79 Å². The van der Waals surface area contributed by atoms with Gasteiger partial charge in [-0.25, -0.2) is 4.98 Å². The first kappa shape index (κ1) is 17.0. The van der Waals surface area contributed by atoms with E-state index < -0.39 is 0 Å². The Labute approximate surface area is 150 Å². The molecule has 0 aliphatic rings. The second kappa shape index (κ2) is 7.36. The molecule has 128 valence electrons. The predicted octanol–water partition coefficient (Wildman–Crippen LogP) is 4.39. The van der Waals surface area contributed by atoms with Crippen LogP contribution < -0.4 is 14.8 Å². The number of nitrogens with zero attached hydrogens (tertiary/aromatic N) is 1. The van der Waals surface area contributed by atoms with E-state index in [4.69, 9.17) is 9.47 Å². The van der Waals surface area contributed by atoms with Crippen LogP contribution in [-0.2, 0) is 0 Å². The molecule has 0 aliphatic carbocycles. The molecule has 0 saturated heterocycles. The molecule has 0 bridgehead atoms. The first-order chi connectivity index (χ1) is 12.1. The summed E-state index contributed by atoms with van der Waals surface area (Å²) >= 11 is 1.50. The zero-order chi connectivity index (χ0) is 17.8. The number of anilines is 1. The van der Waals surface area contributed by atoms with Gasteiger partial charge in [-0.2, -0.15) is 0 Å². The van der Waals surface area contributed by atoms with Crippen molar-refractivity contribution in [3.05, 3.63) is 59.1 Å². The molecular formula is C19H18N2O3S. The van der Waals surface area contributed by atoms with Crippen LogP contribution in [0.25, 0.3) is 10.6 Å². The molecule has 0 unspecified atom stereocenters. The van der Waals surface area contributed by atoms with Gasteiger partial charge < -0.3 is 14.8 Å². The number of hydrogen-bond donors (Lipinski definition) is 1. The smallest absolute Gasteiger partial charge is 0.275 e.